The molecule has 0 spiro atoms. The minimum atomic E-state index is 0.778. The highest BCUT2D eigenvalue weighted by atomic mass is 32.2. The molecule has 2 heteroatoms. The lowest BCUT2D eigenvalue weighted by atomic mass is 9.83. The first-order valence-corrected chi connectivity index (χ1v) is 8.30. The van der Waals surface area contributed by atoms with Crippen LogP contribution in [0.1, 0.15) is 39.0 Å². The molecule has 0 bridgehead atoms. The van der Waals surface area contributed by atoms with Crippen molar-refractivity contribution in [1.29, 1.82) is 0 Å². The molecule has 0 heterocycles. The van der Waals surface area contributed by atoms with Gasteiger partial charge in [-0.3, -0.25) is 0 Å². The third-order valence-corrected chi connectivity index (χ3v) is 4.92. The highest BCUT2D eigenvalue weighted by molar-refractivity contribution is 7.99. The van der Waals surface area contributed by atoms with Gasteiger partial charge >= 0.3 is 0 Å². The molecule has 1 nitrogen and oxygen atoms in total. The minimum absolute atomic E-state index is 0.778. The van der Waals surface area contributed by atoms with E-state index in [2.05, 4.69) is 42.6 Å². The van der Waals surface area contributed by atoms with Gasteiger partial charge in [0.05, 0.1) is 0 Å². The van der Waals surface area contributed by atoms with Crippen molar-refractivity contribution in [3.05, 3.63) is 30.3 Å². The highest BCUT2D eigenvalue weighted by Crippen LogP contribution is 2.29. The van der Waals surface area contributed by atoms with E-state index in [1.807, 2.05) is 11.8 Å². The number of rotatable bonds is 6. The van der Waals surface area contributed by atoms with E-state index in [-0.39, 0.29) is 0 Å². The van der Waals surface area contributed by atoms with E-state index in [4.69, 9.17) is 0 Å². The molecule has 1 N–H and O–H groups in total. The summed E-state index contributed by atoms with van der Waals surface area (Å²) >= 11 is 2.01. The molecule has 18 heavy (non-hydrogen) atoms. The zero-order valence-electron chi connectivity index (χ0n) is 11.4. The van der Waals surface area contributed by atoms with Crippen molar-refractivity contribution in [2.24, 2.45) is 5.92 Å². The zero-order chi connectivity index (χ0) is 12.6. The third-order valence-electron chi connectivity index (χ3n) is 3.88. The van der Waals surface area contributed by atoms with Gasteiger partial charge in [0.15, 0.2) is 0 Å². The SMILES string of the molecule is CCNC1CCCCC1CCSc1ccccc1. The van der Waals surface area contributed by atoms with Crippen LogP contribution in [0.5, 0.6) is 0 Å². The average Bonchev–Trinajstić information content (AvgIpc) is 2.42. The van der Waals surface area contributed by atoms with Gasteiger partial charge in [-0.15, -0.1) is 11.8 Å². The largest absolute Gasteiger partial charge is 0.314 e. The standard InChI is InChI=1S/C16H25NS/c1-2-17-16-11-7-6-8-14(16)12-13-18-15-9-4-3-5-10-15/h3-5,9-10,14,16-17H,2,6-8,11-13H2,1H3. The van der Waals surface area contributed by atoms with Gasteiger partial charge in [0.25, 0.3) is 0 Å². The van der Waals surface area contributed by atoms with Crippen LogP contribution in [-0.2, 0) is 0 Å². The Bertz CT molecular complexity index is 323. The van der Waals surface area contributed by atoms with Crippen LogP contribution in [0, 0.1) is 5.92 Å². The molecule has 1 saturated carbocycles. The van der Waals surface area contributed by atoms with E-state index in [1.165, 1.54) is 42.8 Å². The number of nitrogens with one attached hydrogen (secondary N) is 1. The van der Waals surface area contributed by atoms with Crippen LogP contribution >= 0.6 is 11.8 Å². The Morgan fingerprint density at radius 1 is 1.17 bits per heavy atom. The molecule has 1 fully saturated rings. The third kappa shape index (κ3) is 4.33. The van der Waals surface area contributed by atoms with E-state index >= 15 is 0 Å². The Morgan fingerprint density at radius 3 is 2.72 bits per heavy atom. The summed E-state index contributed by atoms with van der Waals surface area (Å²) in [6.45, 7) is 3.34. The van der Waals surface area contributed by atoms with Crippen molar-refractivity contribution in [2.45, 2.75) is 50.0 Å². The molecule has 1 aliphatic carbocycles. The number of thioether (sulfide) groups is 1. The van der Waals surface area contributed by atoms with Crippen LogP contribution in [0.25, 0.3) is 0 Å². The van der Waals surface area contributed by atoms with Crippen LogP contribution < -0.4 is 5.32 Å². The van der Waals surface area contributed by atoms with Crippen molar-refractivity contribution in [3.8, 4) is 0 Å². The van der Waals surface area contributed by atoms with Crippen LogP contribution in [0.15, 0.2) is 35.2 Å². The van der Waals surface area contributed by atoms with Crippen molar-refractivity contribution in [1.82, 2.24) is 5.32 Å². The van der Waals surface area contributed by atoms with Gasteiger partial charge in [0.2, 0.25) is 0 Å². The summed E-state index contributed by atoms with van der Waals surface area (Å²) in [7, 11) is 0. The van der Waals surface area contributed by atoms with Crippen molar-refractivity contribution in [3.63, 3.8) is 0 Å². The fourth-order valence-corrected chi connectivity index (χ4v) is 3.93. The predicted octanol–water partition coefficient (Wildman–Crippen LogP) is 4.34. The summed E-state index contributed by atoms with van der Waals surface area (Å²) in [5.74, 6) is 2.16. The van der Waals surface area contributed by atoms with Crippen LogP contribution in [-0.4, -0.2) is 18.3 Å². The van der Waals surface area contributed by atoms with Gasteiger partial charge < -0.3 is 5.32 Å². The Labute approximate surface area is 116 Å². The molecular weight excluding hydrogens is 238 g/mol. The van der Waals surface area contributed by atoms with Crippen LogP contribution in [0.3, 0.4) is 0 Å². The fourth-order valence-electron chi connectivity index (χ4n) is 2.93. The van der Waals surface area contributed by atoms with E-state index in [1.54, 1.807) is 0 Å². The van der Waals surface area contributed by atoms with Gasteiger partial charge in [-0.1, -0.05) is 38.0 Å². The monoisotopic (exact) mass is 263 g/mol. The average molecular weight is 263 g/mol. The lowest BCUT2D eigenvalue weighted by Crippen LogP contribution is -2.38. The minimum Gasteiger partial charge on any atom is -0.314 e. The Hall–Kier alpha value is -0.470. The molecule has 0 radical (unpaired) electrons. The van der Waals surface area contributed by atoms with Gasteiger partial charge in [0, 0.05) is 10.9 Å². The second-order valence-corrected chi connectivity index (χ2v) is 6.33. The van der Waals surface area contributed by atoms with E-state index in [9.17, 15) is 0 Å². The first-order valence-electron chi connectivity index (χ1n) is 7.31. The molecule has 0 aliphatic heterocycles. The van der Waals surface area contributed by atoms with E-state index in [0.717, 1.165) is 18.5 Å². The van der Waals surface area contributed by atoms with Crippen LogP contribution in [0.4, 0.5) is 0 Å². The molecular formula is C16H25NS. The number of benzene rings is 1. The number of hydrogen-bond donors (Lipinski definition) is 1. The second kappa shape index (κ2) is 7.85. The van der Waals surface area contributed by atoms with Crippen LogP contribution in [0.2, 0.25) is 0 Å². The van der Waals surface area contributed by atoms with E-state index in [0.29, 0.717) is 0 Å². The maximum atomic E-state index is 3.67. The van der Waals surface area contributed by atoms with Crippen molar-refractivity contribution < 1.29 is 0 Å². The maximum Gasteiger partial charge on any atom is 0.00955 e. The Balaban J connectivity index is 1.74. The normalized spacial score (nSPS) is 24.1. The second-order valence-electron chi connectivity index (χ2n) is 5.16. The Kier molecular flexibility index (Phi) is 6.09. The zero-order valence-corrected chi connectivity index (χ0v) is 12.2. The summed E-state index contributed by atoms with van der Waals surface area (Å²) in [4.78, 5) is 1.41. The van der Waals surface area contributed by atoms with E-state index < -0.39 is 0 Å². The molecule has 1 aromatic rings. The summed E-state index contributed by atoms with van der Waals surface area (Å²) in [6, 6.07) is 11.6. The molecule has 0 amide bonds. The molecule has 1 aromatic carbocycles. The first-order chi connectivity index (χ1) is 8.90. The van der Waals surface area contributed by atoms with Gasteiger partial charge in [-0.25, -0.2) is 0 Å². The molecule has 0 saturated heterocycles. The molecule has 100 valence electrons. The Morgan fingerprint density at radius 2 is 1.94 bits per heavy atom. The smallest absolute Gasteiger partial charge is 0.00955 e. The quantitative estimate of drug-likeness (QED) is 0.766. The summed E-state index contributed by atoms with van der Waals surface area (Å²) in [5.41, 5.74) is 0. The molecule has 0 aromatic heterocycles. The molecule has 2 unspecified atom stereocenters. The summed E-state index contributed by atoms with van der Waals surface area (Å²) in [5, 5.41) is 3.67. The van der Waals surface area contributed by atoms with Gasteiger partial charge in [-0.05, 0) is 49.6 Å². The van der Waals surface area contributed by atoms with Gasteiger partial charge in [-0.2, -0.15) is 0 Å². The molecule has 1 aliphatic rings. The molecule has 2 atom stereocenters. The topological polar surface area (TPSA) is 12.0 Å². The molecule has 2 rings (SSSR count). The number of hydrogen-bond acceptors (Lipinski definition) is 2. The maximum absolute atomic E-state index is 3.67. The predicted molar refractivity (Wildman–Crippen MR) is 81.2 cm³/mol. The lowest BCUT2D eigenvalue weighted by molar-refractivity contribution is 0.260. The lowest BCUT2D eigenvalue weighted by Gasteiger charge is -2.32. The van der Waals surface area contributed by atoms with Gasteiger partial charge in [0.1, 0.15) is 0 Å². The summed E-state index contributed by atoms with van der Waals surface area (Å²) < 4.78 is 0. The fraction of sp³-hybridized carbons (Fsp3) is 0.625. The highest BCUT2D eigenvalue weighted by Gasteiger charge is 2.23. The van der Waals surface area contributed by atoms with Crippen molar-refractivity contribution in [2.75, 3.05) is 12.3 Å². The van der Waals surface area contributed by atoms with Crippen molar-refractivity contribution >= 4 is 11.8 Å². The first kappa shape index (κ1) is 14.0. The summed E-state index contributed by atoms with van der Waals surface area (Å²) in [6.07, 6.45) is 7.02.